The Hall–Kier alpha value is -2.40. The van der Waals surface area contributed by atoms with Gasteiger partial charge in [0.1, 0.15) is 0 Å². The summed E-state index contributed by atoms with van der Waals surface area (Å²) in [6, 6.07) is 11.6. The van der Waals surface area contributed by atoms with Crippen molar-refractivity contribution in [2.24, 2.45) is 9.98 Å². The van der Waals surface area contributed by atoms with Crippen molar-refractivity contribution in [2.75, 3.05) is 13.2 Å². The largest absolute Gasteiger partial charge is 0.381 e. The third-order valence-electron chi connectivity index (χ3n) is 4.99. The highest BCUT2D eigenvalue weighted by molar-refractivity contribution is 5.61. The van der Waals surface area contributed by atoms with Crippen LogP contribution in [0.1, 0.15) is 77.0 Å². The first-order valence-electron chi connectivity index (χ1n) is 11.9. The third kappa shape index (κ3) is 14.3. The summed E-state index contributed by atoms with van der Waals surface area (Å²) in [5.74, 6) is 1.59. The number of unbranched alkanes of at least 4 members (excludes halogenated alkanes) is 10. The molecule has 5 nitrogen and oxygen atoms in total. The van der Waals surface area contributed by atoms with Gasteiger partial charge in [-0.2, -0.15) is 0 Å². The van der Waals surface area contributed by atoms with Crippen LogP contribution in [-0.4, -0.2) is 35.6 Å². The van der Waals surface area contributed by atoms with E-state index in [0.29, 0.717) is 0 Å². The van der Waals surface area contributed by atoms with Crippen LogP contribution >= 0.6 is 0 Å². The first-order valence-corrected chi connectivity index (χ1v) is 11.9. The number of pyridine rings is 2. The second-order valence-corrected chi connectivity index (χ2v) is 7.72. The van der Waals surface area contributed by atoms with Crippen LogP contribution in [0.25, 0.3) is 0 Å². The van der Waals surface area contributed by atoms with E-state index < -0.39 is 0 Å². The highest BCUT2D eigenvalue weighted by atomic mass is 16.5. The van der Waals surface area contributed by atoms with Crippen LogP contribution in [0.15, 0.2) is 58.8 Å². The molecule has 2 rings (SSSR count). The van der Waals surface area contributed by atoms with E-state index in [4.69, 9.17) is 4.74 Å². The number of hydrogen-bond donors (Lipinski definition) is 0. The van der Waals surface area contributed by atoms with Gasteiger partial charge in [0, 0.05) is 38.0 Å². The normalized spacial score (nSPS) is 11.6. The van der Waals surface area contributed by atoms with Crippen LogP contribution in [-0.2, 0) is 4.74 Å². The fourth-order valence-electron chi connectivity index (χ4n) is 3.22. The van der Waals surface area contributed by atoms with Crippen LogP contribution in [0.4, 0.5) is 11.6 Å². The first kappa shape index (κ1) is 24.9. The lowest BCUT2D eigenvalue weighted by molar-refractivity contribution is 0.125. The van der Waals surface area contributed by atoms with E-state index in [1.54, 1.807) is 12.4 Å². The Labute approximate surface area is 188 Å². The van der Waals surface area contributed by atoms with Crippen molar-refractivity contribution < 1.29 is 4.74 Å². The molecule has 0 atom stereocenters. The minimum absolute atomic E-state index is 0.797. The molecule has 0 N–H and O–H groups in total. The number of aromatic nitrogens is 2. The standard InChI is InChI=1S/C26H38N4O/c1(5-11-19-27-25-17-9-13-21-29-25)3-7-15-23-31-24-16-8-4-2-6-12-20-28-26-18-10-14-22-30-26/h9-10,13-14,17-22H,1-8,11-12,15-16,23-24H2. The minimum Gasteiger partial charge on any atom is -0.381 e. The molecule has 31 heavy (non-hydrogen) atoms. The zero-order valence-electron chi connectivity index (χ0n) is 18.9. The van der Waals surface area contributed by atoms with Crippen LogP contribution < -0.4 is 0 Å². The predicted octanol–water partition coefficient (Wildman–Crippen LogP) is 7.28. The summed E-state index contributed by atoms with van der Waals surface area (Å²) >= 11 is 0. The number of aliphatic imine (C=N–C) groups is 2. The molecule has 0 saturated carbocycles. The van der Waals surface area contributed by atoms with E-state index in [-0.39, 0.29) is 0 Å². The average Bonchev–Trinajstić information content (AvgIpc) is 2.82. The second-order valence-electron chi connectivity index (χ2n) is 7.72. The van der Waals surface area contributed by atoms with Gasteiger partial charge in [-0.05, 0) is 62.8 Å². The van der Waals surface area contributed by atoms with Crippen LogP contribution in [0.3, 0.4) is 0 Å². The zero-order chi connectivity index (χ0) is 21.7. The summed E-state index contributed by atoms with van der Waals surface area (Å²) in [4.78, 5) is 17.1. The van der Waals surface area contributed by atoms with Crippen molar-refractivity contribution in [3.8, 4) is 0 Å². The second kappa shape index (κ2) is 18.4. The van der Waals surface area contributed by atoms with Crippen LogP contribution in [0.5, 0.6) is 0 Å². The lowest BCUT2D eigenvalue weighted by Crippen LogP contribution is -1.97. The Kier molecular flexibility index (Phi) is 14.7. The molecule has 0 bridgehead atoms. The molecule has 0 unspecified atom stereocenters. The van der Waals surface area contributed by atoms with Gasteiger partial charge in [-0.25, -0.2) is 20.0 Å². The number of ether oxygens (including phenoxy) is 1. The molecule has 0 aliphatic rings. The molecule has 0 aliphatic carbocycles. The lowest BCUT2D eigenvalue weighted by atomic mass is 10.1. The number of rotatable bonds is 18. The lowest BCUT2D eigenvalue weighted by Gasteiger charge is -2.04. The molecule has 0 radical (unpaired) electrons. The van der Waals surface area contributed by atoms with Crippen molar-refractivity contribution in [3.05, 3.63) is 48.8 Å². The Balaban J connectivity index is 1.26. The summed E-state index contributed by atoms with van der Waals surface area (Å²) in [7, 11) is 0. The molecule has 2 heterocycles. The molecular weight excluding hydrogens is 384 g/mol. The van der Waals surface area contributed by atoms with Gasteiger partial charge in [-0.3, -0.25) is 0 Å². The molecule has 0 saturated heterocycles. The maximum Gasteiger partial charge on any atom is 0.151 e. The molecule has 0 spiro atoms. The maximum atomic E-state index is 5.77. The average molecular weight is 423 g/mol. The highest BCUT2D eigenvalue weighted by Crippen LogP contribution is 2.09. The fraction of sp³-hybridized carbons (Fsp3) is 0.538. The van der Waals surface area contributed by atoms with Crippen molar-refractivity contribution in [2.45, 2.75) is 77.0 Å². The molecule has 0 amide bonds. The van der Waals surface area contributed by atoms with E-state index in [0.717, 1.165) is 37.7 Å². The monoisotopic (exact) mass is 422 g/mol. The summed E-state index contributed by atoms with van der Waals surface area (Å²) in [6.45, 7) is 1.82. The zero-order valence-corrected chi connectivity index (χ0v) is 18.9. The maximum absolute atomic E-state index is 5.77. The Morgan fingerprint density at radius 1 is 0.581 bits per heavy atom. The summed E-state index contributed by atoms with van der Waals surface area (Å²) in [6.07, 6.45) is 22.0. The van der Waals surface area contributed by atoms with Gasteiger partial charge in [0.2, 0.25) is 0 Å². The molecule has 168 valence electrons. The fourth-order valence-corrected chi connectivity index (χ4v) is 3.22. The molecule has 0 aliphatic heterocycles. The van der Waals surface area contributed by atoms with Gasteiger partial charge in [-0.15, -0.1) is 0 Å². The quantitative estimate of drug-likeness (QED) is 0.187. The van der Waals surface area contributed by atoms with E-state index in [1.165, 1.54) is 64.2 Å². The molecule has 2 aromatic heterocycles. The van der Waals surface area contributed by atoms with E-state index in [2.05, 4.69) is 20.0 Å². The van der Waals surface area contributed by atoms with Gasteiger partial charge in [0.05, 0.1) is 0 Å². The van der Waals surface area contributed by atoms with E-state index >= 15 is 0 Å². The van der Waals surface area contributed by atoms with Crippen LogP contribution in [0, 0.1) is 0 Å². The minimum atomic E-state index is 0.797. The third-order valence-corrected chi connectivity index (χ3v) is 4.99. The summed E-state index contributed by atoms with van der Waals surface area (Å²) < 4.78 is 5.77. The number of nitrogens with zero attached hydrogens (tertiary/aromatic N) is 4. The summed E-state index contributed by atoms with van der Waals surface area (Å²) in [5.41, 5.74) is 0. The van der Waals surface area contributed by atoms with Gasteiger partial charge in [0.15, 0.2) is 11.6 Å². The predicted molar refractivity (Wildman–Crippen MR) is 131 cm³/mol. The molecule has 0 aromatic carbocycles. The molecule has 0 fully saturated rings. The number of hydrogen-bond acceptors (Lipinski definition) is 5. The van der Waals surface area contributed by atoms with Crippen molar-refractivity contribution >= 4 is 24.1 Å². The van der Waals surface area contributed by atoms with Crippen molar-refractivity contribution in [1.82, 2.24) is 9.97 Å². The molecule has 5 heteroatoms. The Morgan fingerprint density at radius 2 is 1.03 bits per heavy atom. The molecule has 2 aromatic rings. The Morgan fingerprint density at radius 3 is 1.48 bits per heavy atom. The first-order chi connectivity index (χ1) is 15.4. The van der Waals surface area contributed by atoms with Crippen molar-refractivity contribution in [1.29, 1.82) is 0 Å². The van der Waals surface area contributed by atoms with Gasteiger partial charge in [0.25, 0.3) is 0 Å². The van der Waals surface area contributed by atoms with E-state index in [1.807, 2.05) is 48.8 Å². The molecular formula is C26H38N4O. The van der Waals surface area contributed by atoms with Crippen molar-refractivity contribution in [3.63, 3.8) is 0 Å². The van der Waals surface area contributed by atoms with Crippen LogP contribution in [0.2, 0.25) is 0 Å². The SMILES string of the molecule is C(CCCCCCCOCCCCCCCC=Nc1ccccn1)=Nc1ccccn1. The van der Waals surface area contributed by atoms with Gasteiger partial charge >= 0.3 is 0 Å². The van der Waals surface area contributed by atoms with Gasteiger partial charge in [-0.1, -0.05) is 50.7 Å². The van der Waals surface area contributed by atoms with E-state index in [9.17, 15) is 0 Å². The smallest absolute Gasteiger partial charge is 0.151 e. The van der Waals surface area contributed by atoms with Gasteiger partial charge < -0.3 is 4.74 Å². The Bertz CT molecular complexity index is 642. The summed E-state index contributed by atoms with van der Waals surface area (Å²) in [5, 5.41) is 0. The highest BCUT2D eigenvalue weighted by Gasteiger charge is 1.94. The topological polar surface area (TPSA) is 59.7 Å².